The molecule has 2 aromatic carbocycles. The van der Waals surface area contributed by atoms with Crippen LogP contribution in [0.15, 0.2) is 48.5 Å². The monoisotopic (exact) mass is 307 g/mol. The highest BCUT2D eigenvalue weighted by Gasteiger charge is 2.20. The Hall–Kier alpha value is -2.07. The second-order valence-electron chi connectivity index (χ2n) is 4.44. The van der Waals surface area contributed by atoms with E-state index in [9.17, 15) is 9.18 Å². The van der Waals surface area contributed by atoms with Gasteiger partial charge in [0.1, 0.15) is 0 Å². The lowest BCUT2D eigenvalue weighted by atomic mass is 10.2. The predicted octanol–water partition coefficient (Wildman–Crippen LogP) is 4.28. The lowest BCUT2D eigenvalue weighted by Crippen LogP contribution is -2.32. The standard InChI is InChI=1S/C16H15ClFNO2/c1-2-14(21-15-9-4-3-8-13(15)18)16(20)19-12-7-5-6-11(17)10-12/h3-10,14H,2H2,1H3,(H,19,20)/t14-/m0/s1. The lowest BCUT2D eigenvalue weighted by Gasteiger charge is -2.17. The van der Waals surface area contributed by atoms with Crippen LogP contribution < -0.4 is 10.1 Å². The summed E-state index contributed by atoms with van der Waals surface area (Å²) < 4.78 is 19.0. The highest BCUT2D eigenvalue weighted by atomic mass is 35.5. The van der Waals surface area contributed by atoms with E-state index in [1.165, 1.54) is 12.1 Å². The van der Waals surface area contributed by atoms with E-state index in [-0.39, 0.29) is 11.7 Å². The van der Waals surface area contributed by atoms with Crippen LogP contribution in [0.1, 0.15) is 13.3 Å². The first kappa shape index (κ1) is 15.3. The van der Waals surface area contributed by atoms with Crippen LogP contribution in [0.3, 0.4) is 0 Å². The predicted molar refractivity (Wildman–Crippen MR) is 81.2 cm³/mol. The molecule has 0 radical (unpaired) electrons. The maximum absolute atomic E-state index is 13.6. The van der Waals surface area contributed by atoms with Gasteiger partial charge in [-0.05, 0) is 36.8 Å². The van der Waals surface area contributed by atoms with Gasteiger partial charge in [0, 0.05) is 10.7 Å². The van der Waals surface area contributed by atoms with E-state index in [0.717, 1.165) is 0 Å². The Morgan fingerprint density at radius 2 is 2.05 bits per heavy atom. The van der Waals surface area contributed by atoms with Crippen molar-refractivity contribution in [2.24, 2.45) is 0 Å². The molecule has 0 heterocycles. The number of benzene rings is 2. The summed E-state index contributed by atoms with van der Waals surface area (Å²) in [5.74, 6) is -0.778. The Bertz CT molecular complexity index is 633. The summed E-state index contributed by atoms with van der Waals surface area (Å²) in [5.41, 5.74) is 0.572. The van der Waals surface area contributed by atoms with Gasteiger partial charge in [0.25, 0.3) is 5.91 Å². The van der Waals surface area contributed by atoms with Crippen molar-refractivity contribution >= 4 is 23.2 Å². The summed E-state index contributed by atoms with van der Waals surface area (Å²) >= 11 is 5.86. The minimum absolute atomic E-state index is 0.0607. The van der Waals surface area contributed by atoms with Crippen molar-refractivity contribution < 1.29 is 13.9 Å². The number of nitrogens with one attached hydrogen (secondary N) is 1. The SMILES string of the molecule is CC[C@H](Oc1ccccc1F)C(=O)Nc1cccc(Cl)c1. The van der Waals surface area contributed by atoms with Gasteiger partial charge in [0.2, 0.25) is 0 Å². The van der Waals surface area contributed by atoms with Crippen LogP contribution in [-0.4, -0.2) is 12.0 Å². The second kappa shape index (κ2) is 7.09. The minimum atomic E-state index is -0.777. The third kappa shape index (κ3) is 4.20. The van der Waals surface area contributed by atoms with Crippen LogP contribution >= 0.6 is 11.6 Å². The van der Waals surface area contributed by atoms with Gasteiger partial charge in [-0.3, -0.25) is 4.79 Å². The number of ether oxygens (including phenoxy) is 1. The number of hydrogen-bond donors (Lipinski definition) is 1. The first-order valence-corrected chi connectivity index (χ1v) is 6.95. The molecule has 1 atom stereocenters. The Labute approximate surface area is 127 Å². The van der Waals surface area contributed by atoms with Crippen molar-refractivity contribution in [3.8, 4) is 5.75 Å². The third-order valence-corrected chi connectivity index (χ3v) is 3.10. The summed E-state index contributed by atoms with van der Waals surface area (Å²) in [7, 11) is 0. The fourth-order valence-electron chi connectivity index (χ4n) is 1.80. The molecule has 0 unspecified atom stereocenters. The molecule has 5 heteroatoms. The molecule has 1 N–H and O–H groups in total. The quantitative estimate of drug-likeness (QED) is 0.895. The third-order valence-electron chi connectivity index (χ3n) is 2.86. The fourth-order valence-corrected chi connectivity index (χ4v) is 2.00. The molecule has 0 aromatic heterocycles. The van der Waals surface area contributed by atoms with Crippen LogP contribution in [-0.2, 0) is 4.79 Å². The maximum atomic E-state index is 13.6. The summed E-state index contributed by atoms with van der Waals surface area (Å²) in [6.07, 6.45) is -0.360. The number of para-hydroxylation sites is 1. The van der Waals surface area contributed by atoms with Gasteiger partial charge in [-0.25, -0.2) is 4.39 Å². The van der Waals surface area contributed by atoms with E-state index >= 15 is 0 Å². The van der Waals surface area contributed by atoms with Gasteiger partial charge in [0.05, 0.1) is 0 Å². The van der Waals surface area contributed by atoms with Crippen LogP contribution in [0.4, 0.5) is 10.1 Å². The molecule has 2 aromatic rings. The van der Waals surface area contributed by atoms with Crippen molar-refractivity contribution in [1.29, 1.82) is 0 Å². The minimum Gasteiger partial charge on any atom is -0.478 e. The number of amides is 1. The van der Waals surface area contributed by atoms with Crippen molar-refractivity contribution in [3.63, 3.8) is 0 Å². The molecule has 0 spiro atoms. The number of carbonyl (C=O) groups excluding carboxylic acids is 1. The first-order valence-electron chi connectivity index (χ1n) is 6.57. The van der Waals surface area contributed by atoms with Crippen LogP contribution in [0.5, 0.6) is 5.75 Å². The summed E-state index contributed by atoms with van der Waals surface area (Å²) in [5, 5.41) is 3.23. The van der Waals surface area contributed by atoms with Crippen molar-refractivity contribution in [2.45, 2.75) is 19.4 Å². The molecule has 110 valence electrons. The maximum Gasteiger partial charge on any atom is 0.265 e. The van der Waals surface area contributed by atoms with E-state index in [1.807, 2.05) is 0 Å². The molecule has 0 bridgehead atoms. The molecule has 0 aliphatic heterocycles. The summed E-state index contributed by atoms with van der Waals surface area (Å²) in [6.45, 7) is 1.79. The van der Waals surface area contributed by atoms with E-state index in [1.54, 1.807) is 43.3 Å². The number of hydrogen-bond acceptors (Lipinski definition) is 2. The second-order valence-corrected chi connectivity index (χ2v) is 4.88. The molecule has 3 nitrogen and oxygen atoms in total. The van der Waals surface area contributed by atoms with Gasteiger partial charge in [-0.2, -0.15) is 0 Å². The highest BCUT2D eigenvalue weighted by Crippen LogP contribution is 2.20. The normalized spacial score (nSPS) is 11.8. The van der Waals surface area contributed by atoms with E-state index in [2.05, 4.69) is 5.32 Å². The Kier molecular flexibility index (Phi) is 5.17. The molecule has 0 aliphatic rings. The number of carbonyl (C=O) groups is 1. The Balaban J connectivity index is 2.07. The van der Waals surface area contributed by atoms with E-state index in [0.29, 0.717) is 17.1 Å². The lowest BCUT2D eigenvalue weighted by molar-refractivity contribution is -0.122. The van der Waals surface area contributed by atoms with Crippen molar-refractivity contribution in [2.75, 3.05) is 5.32 Å². The number of rotatable bonds is 5. The average Bonchev–Trinajstić information content (AvgIpc) is 2.46. The Morgan fingerprint density at radius 3 is 2.71 bits per heavy atom. The average molecular weight is 308 g/mol. The smallest absolute Gasteiger partial charge is 0.265 e. The molecule has 0 saturated carbocycles. The van der Waals surface area contributed by atoms with Crippen molar-refractivity contribution in [1.82, 2.24) is 0 Å². The summed E-state index contributed by atoms with van der Waals surface area (Å²) in [6, 6.07) is 12.8. The molecule has 2 rings (SSSR count). The fraction of sp³-hybridized carbons (Fsp3) is 0.188. The zero-order chi connectivity index (χ0) is 15.2. The van der Waals surface area contributed by atoms with Gasteiger partial charge in [-0.1, -0.05) is 36.7 Å². The molecular weight excluding hydrogens is 293 g/mol. The zero-order valence-corrected chi connectivity index (χ0v) is 12.2. The summed E-state index contributed by atoms with van der Waals surface area (Å²) in [4.78, 5) is 12.2. The topological polar surface area (TPSA) is 38.3 Å². The van der Waals surface area contributed by atoms with Crippen molar-refractivity contribution in [3.05, 3.63) is 59.4 Å². The molecular formula is C16H15ClFNO2. The largest absolute Gasteiger partial charge is 0.478 e. The molecule has 0 fully saturated rings. The van der Waals surface area contributed by atoms with Crippen LogP contribution in [0, 0.1) is 5.82 Å². The van der Waals surface area contributed by atoms with Crippen LogP contribution in [0.2, 0.25) is 5.02 Å². The highest BCUT2D eigenvalue weighted by molar-refractivity contribution is 6.30. The van der Waals surface area contributed by atoms with Crippen LogP contribution in [0.25, 0.3) is 0 Å². The van der Waals surface area contributed by atoms with Gasteiger partial charge >= 0.3 is 0 Å². The van der Waals surface area contributed by atoms with Gasteiger partial charge < -0.3 is 10.1 Å². The number of anilines is 1. The first-order chi connectivity index (χ1) is 10.1. The van der Waals surface area contributed by atoms with Gasteiger partial charge in [0.15, 0.2) is 17.7 Å². The zero-order valence-electron chi connectivity index (χ0n) is 11.5. The molecule has 1 amide bonds. The molecule has 21 heavy (non-hydrogen) atoms. The molecule has 0 saturated heterocycles. The Morgan fingerprint density at radius 1 is 1.29 bits per heavy atom. The van der Waals surface area contributed by atoms with Gasteiger partial charge in [-0.15, -0.1) is 0 Å². The molecule has 0 aliphatic carbocycles. The number of halogens is 2. The van der Waals surface area contributed by atoms with E-state index in [4.69, 9.17) is 16.3 Å². The van der Waals surface area contributed by atoms with E-state index < -0.39 is 11.9 Å².